The van der Waals surface area contributed by atoms with Gasteiger partial charge in [-0.05, 0) is 23.8 Å². The second-order valence-corrected chi connectivity index (χ2v) is 4.01. The first-order valence-electron chi connectivity index (χ1n) is 5.28. The monoisotopic (exact) mass is 270 g/mol. The minimum absolute atomic E-state index is 0.241. The number of amides is 1. The first-order valence-corrected chi connectivity index (χ1v) is 5.28. The zero-order valence-electron chi connectivity index (χ0n) is 9.49. The van der Waals surface area contributed by atoms with Gasteiger partial charge in [0.25, 0.3) is 5.78 Å². The first kappa shape index (κ1) is 13.1. The van der Waals surface area contributed by atoms with Crippen molar-refractivity contribution in [3.63, 3.8) is 0 Å². The summed E-state index contributed by atoms with van der Waals surface area (Å²) in [7, 11) is 0. The predicted molar refractivity (Wildman–Crippen MR) is 62.5 cm³/mol. The van der Waals surface area contributed by atoms with Gasteiger partial charge in [0, 0.05) is 11.3 Å². The number of hydrogen-bond acceptors (Lipinski definition) is 3. The number of nitrogens with two attached hydrogens (primary N) is 1. The van der Waals surface area contributed by atoms with Gasteiger partial charge < -0.3 is 11.1 Å². The zero-order valence-corrected chi connectivity index (χ0v) is 9.49. The summed E-state index contributed by atoms with van der Waals surface area (Å²) >= 11 is 0. The van der Waals surface area contributed by atoms with Crippen LogP contribution in [0.4, 0.5) is 18.9 Å². The third-order valence-corrected chi connectivity index (χ3v) is 2.68. The maximum Gasteiger partial charge on any atom is 0.452 e. The van der Waals surface area contributed by atoms with Crippen molar-refractivity contribution >= 4 is 23.5 Å². The second-order valence-electron chi connectivity index (χ2n) is 4.01. The average molecular weight is 270 g/mol. The molecule has 0 fully saturated rings. The SMILES string of the molecule is NC(=O)c1ccc2c(c1)C=CC(C(=O)C(F)(F)F)N2. The van der Waals surface area contributed by atoms with Gasteiger partial charge >= 0.3 is 6.18 Å². The van der Waals surface area contributed by atoms with Crippen LogP contribution in [-0.4, -0.2) is 23.9 Å². The minimum Gasteiger partial charge on any atom is -0.371 e. The van der Waals surface area contributed by atoms with E-state index in [0.29, 0.717) is 11.3 Å². The largest absolute Gasteiger partial charge is 0.452 e. The van der Waals surface area contributed by atoms with Crippen molar-refractivity contribution in [3.05, 3.63) is 35.4 Å². The Labute approximate surface area is 106 Å². The van der Waals surface area contributed by atoms with Crippen LogP contribution in [0.2, 0.25) is 0 Å². The third kappa shape index (κ3) is 2.59. The highest BCUT2D eigenvalue weighted by atomic mass is 19.4. The number of carbonyl (C=O) groups is 2. The average Bonchev–Trinajstić information content (AvgIpc) is 2.35. The number of carbonyl (C=O) groups excluding carboxylic acids is 2. The van der Waals surface area contributed by atoms with Gasteiger partial charge in [-0.1, -0.05) is 12.2 Å². The molecule has 0 aliphatic carbocycles. The highest BCUT2D eigenvalue weighted by molar-refractivity contribution is 5.98. The number of rotatable bonds is 2. The lowest BCUT2D eigenvalue weighted by molar-refractivity contribution is -0.170. The molecule has 1 aliphatic heterocycles. The summed E-state index contributed by atoms with van der Waals surface area (Å²) in [4.78, 5) is 22.1. The highest BCUT2D eigenvalue weighted by Crippen LogP contribution is 2.27. The summed E-state index contributed by atoms with van der Waals surface area (Å²) in [5.74, 6) is -2.50. The summed E-state index contributed by atoms with van der Waals surface area (Å²) in [5.41, 5.74) is 6.18. The predicted octanol–water partition coefficient (Wildman–Crippen LogP) is 1.72. The number of primary amides is 1. The molecule has 0 saturated heterocycles. The Hall–Kier alpha value is -2.31. The number of nitrogens with one attached hydrogen (secondary N) is 1. The van der Waals surface area contributed by atoms with Crippen LogP contribution in [0.15, 0.2) is 24.3 Å². The van der Waals surface area contributed by atoms with E-state index in [1.165, 1.54) is 24.3 Å². The number of hydrogen-bond donors (Lipinski definition) is 2. The summed E-state index contributed by atoms with van der Waals surface area (Å²) in [6.07, 6.45) is -2.44. The number of fused-ring (bicyclic) bond motifs is 1. The Morgan fingerprint density at radius 3 is 2.53 bits per heavy atom. The molecule has 1 aliphatic rings. The Morgan fingerprint density at radius 2 is 1.95 bits per heavy atom. The lowest BCUT2D eigenvalue weighted by Crippen LogP contribution is -2.39. The van der Waals surface area contributed by atoms with E-state index in [0.717, 1.165) is 6.08 Å². The molecule has 2 rings (SSSR count). The van der Waals surface area contributed by atoms with Crippen LogP contribution in [0, 0.1) is 0 Å². The van der Waals surface area contributed by atoms with Crippen molar-refractivity contribution in [2.75, 3.05) is 5.32 Å². The molecule has 0 bridgehead atoms. The number of ketones is 1. The summed E-state index contributed by atoms with van der Waals surface area (Å²) in [6, 6.07) is 2.78. The normalized spacial score (nSPS) is 17.5. The van der Waals surface area contributed by atoms with Crippen LogP contribution in [0.5, 0.6) is 0 Å². The smallest absolute Gasteiger partial charge is 0.371 e. The topological polar surface area (TPSA) is 72.2 Å². The zero-order chi connectivity index (χ0) is 14.2. The number of benzene rings is 1. The standard InChI is InChI=1S/C12H9F3N2O2/c13-12(14,15)10(18)9-4-1-6-5-7(11(16)19)2-3-8(6)17-9/h1-5,9,17H,(H2,16,19). The van der Waals surface area contributed by atoms with Gasteiger partial charge in [-0.3, -0.25) is 9.59 Å². The van der Waals surface area contributed by atoms with Crippen molar-refractivity contribution in [1.82, 2.24) is 0 Å². The van der Waals surface area contributed by atoms with Crippen LogP contribution in [0.3, 0.4) is 0 Å². The lowest BCUT2D eigenvalue weighted by atomic mass is 10.0. The highest BCUT2D eigenvalue weighted by Gasteiger charge is 2.43. The van der Waals surface area contributed by atoms with Crippen molar-refractivity contribution in [1.29, 1.82) is 0 Å². The lowest BCUT2D eigenvalue weighted by Gasteiger charge is -2.22. The Balaban J connectivity index is 2.28. The molecule has 0 aromatic heterocycles. The molecule has 7 heteroatoms. The van der Waals surface area contributed by atoms with Crippen LogP contribution < -0.4 is 11.1 Å². The van der Waals surface area contributed by atoms with E-state index in [2.05, 4.69) is 5.32 Å². The molecule has 0 spiro atoms. The van der Waals surface area contributed by atoms with Gasteiger partial charge in [0.2, 0.25) is 5.91 Å². The molecule has 1 aromatic carbocycles. The van der Waals surface area contributed by atoms with Crippen molar-refractivity contribution in [2.24, 2.45) is 5.73 Å². The molecule has 19 heavy (non-hydrogen) atoms. The first-order chi connectivity index (χ1) is 8.79. The van der Waals surface area contributed by atoms with Crippen LogP contribution in [0.25, 0.3) is 6.08 Å². The number of anilines is 1. The van der Waals surface area contributed by atoms with E-state index in [-0.39, 0.29) is 5.56 Å². The van der Waals surface area contributed by atoms with Crippen LogP contribution in [0.1, 0.15) is 15.9 Å². The Kier molecular flexibility index (Phi) is 3.05. The van der Waals surface area contributed by atoms with E-state index >= 15 is 0 Å². The molecular weight excluding hydrogens is 261 g/mol. The maximum absolute atomic E-state index is 12.3. The number of Topliss-reactive ketones (excluding diaryl/α,β-unsaturated/α-hetero) is 1. The fourth-order valence-corrected chi connectivity index (χ4v) is 1.73. The summed E-state index contributed by atoms with van der Waals surface area (Å²) in [6.45, 7) is 0. The Bertz CT molecular complexity index is 579. The molecule has 3 N–H and O–H groups in total. The number of alkyl halides is 3. The van der Waals surface area contributed by atoms with Gasteiger partial charge in [-0.15, -0.1) is 0 Å². The minimum atomic E-state index is -4.90. The molecule has 0 radical (unpaired) electrons. The van der Waals surface area contributed by atoms with Gasteiger partial charge in [-0.25, -0.2) is 0 Å². The van der Waals surface area contributed by atoms with Gasteiger partial charge in [-0.2, -0.15) is 13.2 Å². The van der Waals surface area contributed by atoms with Crippen LogP contribution >= 0.6 is 0 Å². The molecule has 1 heterocycles. The van der Waals surface area contributed by atoms with E-state index in [4.69, 9.17) is 5.73 Å². The molecular formula is C12H9F3N2O2. The third-order valence-electron chi connectivity index (χ3n) is 2.68. The van der Waals surface area contributed by atoms with Crippen molar-refractivity contribution < 1.29 is 22.8 Å². The maximum atomic E-state index is 12.3. The molecule has 1 amide bonds. The molecule has 0 saturated carbocycles. The van der Waals surface area contributed by atoms with Crippen molar-refractivity contribution in [2.45, 2.75) is 12.2 Å². The molecule has 1 aromatic rings. The quantitative estimate of drug-likeness (QED) is 0.859. The van der Waals surface area contributed by atoms with Crippen molar-refractivity contribution in [3.8, 4) is 0 Å². The molecule has 1 atom stereocenters. The molecule has 4 nitrogen and oxygen atoms in total. The van der Waals surface area contributed by atoms with E-state index in [1.54, 1.807) is 0 Å². The second kappa shape index (κ2) is 4.42. The fraction of sp³-hybridized carbons (Fsp3) is 0.167. The van der Waals surface area contributed by atoms with E-state index < -0.39 is 23.9 Å². The van der Waals surface area contributed by atoms with E-state index in [1.807, 2.05) is 0 Å². The van der Waals surface area contributed by atoms with Gasteiger partial charge in [0.1, 0.15) is 6.04 Å². The van der Waals surface area contributed by atoms with Gasteiger partial charge in [0.05, 0.1) is 0 Å². The van der Waals surface area contributed by atoms with Gasteiger partial charge in [0.15, 0.2) is 0 Å². The summed E-state index contributed by atoms with van der Waals surface area (Å²) in [5, 5.41) is 2.46. The Morgan fingerprint density at radius 1 is 1.26 bits per heavy atom. The summed E-state index contributed by atoms with van der Waals surface area (Å²) < 4.78 is 36.9. The van der Waals surface area contributed by atoms with E-state index in [9.17, 15) is 22.8 Å². The molecule has 100 valence electrons. The fourth-order valence-electron chi connectivity index (χ4n) is 1.73. The molecule has 1 unspecified atom stereocenters. The van der Waals surface area contributed by atoms with Crippen LogP contribution in [-0.2, 0) is 4.79 Å². The number of halogens is 3.